The van der Waals surface area contributed by atoms with Crippen molar-refractivity contribution in [3.05, 3.63) is 41.7 Å². The van der Waals surface area contributed by atoms with Crippen molar-refractivity contribution >= 4 is 17.4 Å². The molecule has 1 aromatic carbocycles. The molecule has 0 radical (unpaired) electrons. The molecule has 0 unspecified atom stereocenters. The second kappa shape index (κ2) is 7.78. The number of hydrogen-bond donors (Lipinski definition) is 1. The molecular weight excluding hydrogens is 332 g/mol. The Labute approximate surface area is 152 Å². The Balaban J connectivity index is 1.30. The number of benzene rings is 1. The third kappa shape index (κ3) is 3.67. The molecule has 7 heteroatoms. The lowest BCUT2D eigenvalue weighted by molar-refractivity contribution is 0.0917. The van der Waals surface area contributed by atoms with Gasteiger partial charge in [-0.3, -0.25) is 4.79 Å². The van der Waals surface area contributed by atoms with Crippen molar-refractivity contribution < 1.29 is 14.1 Å². The minimum absolute atomic E-state index is 0.220. The van der Waals surface area contributed by atoms with Crippen LogP contribution in [-0.4, -0.2) is 57.0 Å². The number of rotatable bonds is 5. The van der Waals surface area contributed by atoms with Crippen LogP contribution in [0, 0.1) is 0 Å². The molecule has 0 aliphatic carbocycles. The molecule has 138 valence electrons. The van der Waals surface area contributed by atoms with Gasteiger partial charge in [-0.05, 0) is 24.5 Å². The third-order valence-electron chi connectivity index (χ3n) is 4.93. The average Bonchev–Trinajstić information content (AvgIpc) is 3.19. The van der Waals surface area contributed by atoms with E-state index in [9.17, 15) is 4.79 Å². The summed E-state index contributed by atoms with van der Waals surface area (Å²) in [5.41, 5.74) is 2.66. The molecule has 1 N–H and O–H groups in total. The van der Waals surface area contributed by atoms with Gasteiger partial charge in [0.2, 0.25) is 5.76 Å². The summed E-state index contributed by atoms with van der Waals surface area (Å²) in [5.74, 6) is 0.733. The number of aryl methyl sites for hydroxylation is 1. The lowest BCUT2D eigenvalue weighted by atomic mass is 10.0. The maximum Gasteiger partial charge on any atom is 0.290 e. The molecule has 0 spiro atoms. The molecule has 1 saturated heterocycles. The third-order valence-corrected chi connectivity index (χ3v) is 4.93. The smallest absolute Gasteiger partial charge is 0.290 e. The lowest BCUT2D eigenvalue weighted by Gasteiger charge is -2.31. The fourth-order valence-corrected chi connectivity index (χ4v) is 3.55. The van der Waals surface area contributed by atoms with E-state index in [0.717, 1.165) is 39.0 Å². The number of fused-ring (bicyclic) bond motifs is 1. The van der Waals surface area contributed by atoms with Crippen LogP contribution in [0.3, 0.4) is 0 Å². The van der Waals surface area contributed by atoms with Gasteiger partial charge in [0.25, 0.3) is 5.91 Å². The molecule has 2 aliphatic heterocycles. The molecule has 1 aromatic heterocycles. The van der Waals surface area contributed by atoms with E-state index in [1.807, 2.05) is 0 Å². The van der Waals surface area contributed by atoms with E-state index in [-0.39, 0.29) is 11.7 Å². The quantitative estimate of drug-likeness (QED) is 0.879. The number of nitrogens with one attached hydrogen (secondary N) is 1. The van der Waals surface area contributed by atoms with Crippen LogP contribution in [0.4, 0.5) is 11.5 Å². The predicted molar refractivity (Wildman–Crippen MR) is 98.8 cm³/mol. The maximum atomic E-state index is 12.3. The molecule has 2 aromatic rings. The summed E-state index contributed by atoms with van der Waals surface area (Å²) in [6.45, 7) is 5.26. The van der Waals surface area contributed by atoms with Crippen molar-refractivity contribution in [3.63, 3.8) is 0 Å². The van der Waals surface area contributed by atoms with Crippen molar-refractivity contribution in [1.29, 1.82) is 0 Å². The fourth-order valence-electron chi connectivity index (χ4n) is 3.55. The normalized spacial score (nSPS) is 17.1. The van der Waals surface area contributed by atoms with Crippen molar-refractivity contribution in [2.75, 3.05) is 55.7 Å². The molecule has 0 saturated carbocycles. The van der Waals surface area contributed by atoms with Crippen LogP contribution in [0.25, 0.3) is 0 Å². The number of amides is 1. The number of nitrogens with zero attached hydrogens (tertiary/aromatic N) is 3. The topological polar surface area (TPSA) is 70.8 Å². The van der Waals surface area contributed by atoms with Crippen molar-refractivity contribution in [1.82, 2.24) is 10.5 Å². The molecule has 0 atom stereocenters. The minimum atomic E-state index is -0.220. The summed E-state index contributed by atoms with van der Waals surface area (Å²) in [5, 5.41) is 6.95. The molecule has 0 bridgehead atoms. The number of carbonyl (C=O) groups is 1. The Morgan fingerprint density at radius 1 is 1.19 bits per heavy atom. The minimum Gasteiger partial charge on any atom is -0.378 e. The molecular formula is C19H24N4O3. The number of para-hydroxylation sites is 1. The monoisotopic (exact) mass is 356 g/mol. The first kappa shape index (κ1) is 16.9. The SMILES string of the molecule is O=C(NCCN1CCCc2ccccc21)c1cc(N2CCOCC2)no1. The van der Waals surface area contributed by atoms with E-state index in [1.165, 1.54) is 11.3 Å². The summed E-state index contributed by atoms with van der Waals surface area (Å²) in [7, 11) is 0. The summed E-state index contributed by atoms with van der Waals surface area (Å²) >= 11 is 0. The summed E-state index contributed by atoms with van der Waals surface area (Å²) in [4.78, 5) is 16.7. The maximum absolute atomic E-state index is 12.3. The van der Waals surface area contributed by atoms with Gasteiger partial charge in [-0.25, -0.2) is 0 Å². The van der Waals surface area contributed by atoms with Gasteiger partial charge in [0.05, 0.1) is 13.2 Å². The fraction of sp³-hybridized carbons (Fsp3) is 0.474. The number of hydrogen-bond acceptors (Lipinski definition) is 6. The Hall–Kier alpha value is -2.54. The van der Waals surface area contributed by atoms with Gasteiger partial charge in [0, 0.05) is 44.5 Å². The lowest BCUT2D eigenvalue weighted by Crippen LogP contribution is -2.37. The van der Waals surface area contributed by atoms with Crippen LogP contribution in [0.2, 0.25) is 0 Å². The van der Waals surface area contributed by atoms with E-state index in [4.69, 9.17) is 9.26 Å². The van der Waals surface area contributed by atoms with Gasteiger partial charge in [0.15, 0.2) is 5.82 Å². The second-order valence-electron chi connectivity index (χ2n) is 6.62. The number of anilines is 2. The van der Waals surface area contributed by atoms with Gasteiger partial charge in [-0.1, -0.05) is 23.4 Å². The molecule has 7 nitrogen and oxygen atoms in total. The highest BCUT2D eigenvalue weighted by Gasteiger charge is 2.20. The number of aromatic nitrogens is 1. The van der Waals surface area contributed by atoms with Gasteiger partial charge < -0.3 is 24.4 Å². The van der Waals surface area contributed by atoms with Gasteiger partial charge in [-0.15, -0.1) is 0 Å². The second-order valence-corrected chi connectivity index (χ2v) is 6.62. The van der Waals surface area contributed by atoms with Crippen LogP contribution >= 0.6 is 0 Å². The van der Waals surface area contributed by atoms with E-state index in [0.29, 0.717) is 25.6 Å². The highest BCUT2D eigenvalue weighted by Crippen LogP contribution is 2.26. The highest BCUT2D eigenvalue weighted by atomic mass is 16.5. The predicted octanol–water partition coefficient (Wildman–Crippen LogP) is 1.69. The zero-order valence-electron chi connectivity index (χ0n) is 14.8. The van der Waals surface area contributed by atoms with Crippen LogP contribution in [0.5, 0.6) is 0 Å². The average molecular weight is 356 g/mol. The number of carbonyl (C=O) groups excluding carboxylic acids is 1. The first-order chi connectivity index (χ1) is 12.8. The Morgan fingerprint density at radius 3 is 2.92 bits per heavy atom. The number of ether oxygens (including phenoxy) is 1. The first-order valence-corrected chi connectivity index (χ1v) is 9.22. The zero-order chi connectivity index (χ0) is 17.8. The molecule has 2 aliphatic rings. The molecule has 1 fully saturated rings. The van der Waals surface area contributed by atoms with Gasteiger partial charge in [-0.2, -0.15) is 0 Å². The molecule has 1 amide bonds. The van der Waals surface area contributed by atoms with Gasteiger partial charge >= 0.3 is 0 Å². The van der Waals surface area contributed by atoms with Gasteiger partial charge in [0.1, 0.15) is 0 Å². The van der Waals surface area contributed by atoms with Crippen LogP contribution in [0.1, 0.15) is 22.5 Å². The zero-order valence-corrected chi connectivity index (χ0v) is 14.8. The molecule has 26 heavy (non-hydrogen) atoms. The molecule has 3 heterocycles. The summed E-state index contributed by atoms with van der Waals surface area (Å²) < 4.78 is 10.5. The highest BCUT2D eigenvalue weighted by molar-refractivity contribution is 5.92. The van der Waals surface area contributed by atoms with Crippen LogP contribution in [0.15, 0.2) is 34.9 Å². The van der Waals surface area contributed by atoms with E-state index in [2.05, 4.69) is 44.5 Å². The van der Waals surface area contributed by atoms with E-state index in [1.54, 1.807) is 6.07 Å². The van der Waals surface area contributed by atoms with E-state index >= 15 is 0 Å². The Kier molecular flexibility index (Phi) is 5.06. The van der Waals surface area contributed by atoms with Crippen molar-refractivity contribution in [2.45, 2.75) is 12.8 Å². The summed E-state index contributed by atoms with van der Waals surface area (Å²) in [6, 6.07) is 10.2. The number of morpholine rings is 1. The van der Waals surface area contributed by atoms with E-state index < -0.39 is 0 Å². The Morgan fingerprint density at radius 2 is 2.04 bits per heavy atom. The first-order valence-electron chi connectivity index (χ1n) is 9.22. The van der Waals surface area contributed by atoms with Crippen molar-refractivity contribution in [3.8, 4) is 0 Å². The summed E-state index contributed by atoms with van der Waals surface area (Å²) in [6.07, 6.45) is 2.28. The van der Waals surface area contributed by atoms with Crippen molar-refractivity contribution in [2.24, 2.45) is 0 Å². The van der Waals surface area contributed by atoms with Crippen LogP contribution < -0.4 is 15.1 Å². The standard InChI is InChI=1S/C19H24N4O3/c24-19(17-14-18(21-26-17)23-10-12-25-13-11-23)20-7-9-22-8-3-5-15-4-1-2-6-16(15)22/h1-2,4,6,14H,3,5,7-13H2,(H,20,24). The van der Waals surface area contributed by atoms with Crippen LogP contribution in [-0.2, 0) is 11.2 Å². The molecule has 4 rings (SSSR count). The Bertz CT molecular complexity index is 755. The largest absolute Gasteiger partial charge is 0.378 e.